The third-order valence-electron chi connectivity index (χ3n) is 6.45. The third kappa shape index (κ3) is 10.6. The van der Waals surface area contributed by atoms with Crippen LogP contribution in [-0.2, 0) is 22.6 Å². The van der Waals surface area contributed by atoms with Gasteiger partial charge in [-0.25, -0.2) is 9.59 Å². The number of nitrogens with zero attached hydrogens (tertiary/aromatic N) is 5. The number of amides is 2. The molecule has 0 atom stereocenters. The molecule has 0 spiro atoms. The predicted octanol–water partition coefficient (Wildman–Crippen LogP) is 5.22. The quantitative estimate of drug-likeness (QED) is 0.219. The highest BCUT2D eigenvalue weighted by Crippen LogP contribution is 2.32. The van der Waals surface area contributed by atoms with E-state index in [0.717, 1.165) is 22.3 Å². The maximum absolute atomic E-state index is 11.9. The predicted molar refractivity (Wildman–Crippen MR) is 175 cm³/mol. The summed E-state index contributed by atoms with van der Waals surface area (Å²) in [4.78, 5) is 45.5. The van der Waals surface area contributed by atoms with Gasteiger partial charge in [-0.3, -0.25) is 20.1 Å². The lowest BCUT2D eigenvalue weighted by atomic mass is 10.1. The minimum absolute atomic E-state index is 0.109. The van der Waals surface area contributed by atoms with Crippen molar-refractivity contribution in [3.8, 4) is 11.5 Å². The number of nitro groups is 1. The molecular formula is C32H44N6O8. The average Bonchev–Trinajstić information content (AvgIpc) is 3.59. The zero-order valence-corrected chi connectivity index (χ0v) is 27.8. The molecule has 2 N–H and O–H groups in total. The van der Waals surface area contributed by atoms with Crippen LogP contribution >= 0.6 is 0 Å². The van der Waals surface area contributed by atoms with Gasteiger partial charge in [-0.2, -0.15) is 0 Å². The van der Waals surface area contributed by atoms with Gasteiger partial charge in [0.2, 0.25) is 0 Å². The molecule has 250 valence electrons. The van der Waals surface area contributed by atoms with Crippen LogP contribution in [0.3, 0.4) is 0 Å². The third-order valence-corrected chi connectivity index (χ3v) is 6.45. The summed E-state index contributed by atoms with van der Waals surface area (Å²) >= 11 is 0. The Kier molecular flexibility index (Phi) is 11.6. The fourth-order valence-electron chi connectivity index (χ4n) is 4.11. The maximum atomic E-state index is 11.9. The summed E-state index contributed by atoms with van der Waals surface area (Å²) in [7, 11) is 3.26. The molecule has 14 nitrogen and oxygen atoms in total. The van der Waals surface area contributed by atoms with E-state index in [9.17, 15) is 19.7 Å². The Morgan fingerprint density at radius 1 is 0.804 bits per heavy atom. The lowest BCUT2D eigenvalue weighted by Crippen LogP contribution is -2.36. The number of fused-ring (bicyclic) bond motifs is 2. The number of ether oxygens (including phenoxy) is 4. The second kappa shape index (κ2) is 14.9. The number of carbonyl (C=O) groups is 2. The van der Waals surface area contributed by atoms with Crippen molar-refractivity contribution in [3.63, 3.8) is 0 Å². The van der Waals surface area contributed by atoms with E-state index in [0.29, 0.717) is 37.7 Å². The SMILES string of the molecule is CN(CCOc1cc2c(cc1N)C=NC2)C(=O)OC(C)(C)C.CN(CCOc1cc2c(cc1[N+](=O)[O-])C=NC2)C(=O)OC(C)(C)C. The van der Waals surface area contributed by atoms with Crippen molar-refractivity contribution in [1.29, 1.82) is 0 Å². The van der Waals surface area contributed by atoms with E-state index in [4.69, 9.17) is 24.7 Å². The lowest BCUT2D eigenvalue weighted by Gasteiger charge is -2.24. The molecule has 0 unspecified atom stereocenters. The van der Waals surface area contributed by atoms with Crippen molar-refractivity contribution < 1.29 is 33.5 Å². The normalized spacial score (nSPS) is 12.8. The number of aliphatic imine (C=N–C) groups is 2. The minimum atomic E-state index is -0.578. The van der Waals surface area contributed by atoms with Crippen molar-refractivity contribution in [2.45, 2.75) is 65.8 Å². The first-order valence-corrected chi connectivity index (χ1v) is 14.8. The number of anilines is 1. The number of nitrogen functional groups attached to an aromatic ring is 1. The topological polar surface area (TPSA) is 171 Å². The Morgan fingerprint density at radius 2 is 1.24 bits per heavy atom. The molecule has 0 bridgehead atoms. The summed E-state index contributed by atoms with van der Waals surface area (Å²) < 4.78 is 21.7. The number of hydrogen-bond donors (Lipinski definition) is 1. The van der Waals surface area contributed by atoms with Gasteiger partial charge in [0, 0.05) is 38.2 Å². The van der Waals surface area contributed by atoms with Gasteiger partial charge in [0.05, 0.1) is 36.8 Å². The molecule has 2 aromatic rings. The van der Waals surface area contributed by atoms with Crippen molar-refractivity contribution in [1.82, 2.24) is 9.80 Å². The molecule has 14 heteroatoms. The van der Waals surface area contributed by atoms with Gasteiger partial charge in [0.1, 0.15) is 30.2 Å². The Bertz CT molecular complexity index is 1490. The van der Waals surface area contributed by atoms with Gasteiger partial charge in [-0.05, 0) is 76.4 Å². The van der Waals surface area contributed by atoms with Crippen molar-refractivity contribution >= 4 is 36.0 Å². The van der Waals surface area contributed by atoms with Gasteiger partial charge >= 0.3 is 17.9 Å². The van der Waals surface area contributed by atoms with E-state index in [-0.39, 0.29) is 30.7 Å². The van der Waals surface area contributed by atoms with E-state index < -0.39 is 22.2 Å². The first-order valence-electron chi connectivity index (χ1n) is 14.8. The first-order chi connectivity index (χ1) is 21.4. The summed E-state index contributed by atoms with van der Waals surface area (Å²) in [5.74, 6) is 0.809. The summed E-state index contributed by atoms with van der Waals surface area (Å²) in [6, 6.07) is 6.86. The zero-order valence-electron chi connectivity index (χ0n) is 27.8. The summed E-state index contributed by atoms with van der Waals surface area (Å²) in [5.41, 5.74) is 9.11. The van der Waals surface area contributed by atoms with Crippen LogP contribution in [0.4, 0.5) is 21.0 Å². The Labute approximate surface area is 269 Å². The fraction of sp³-hybridized carbons (Fsp3) is 0.500. The zero-order chi connectivity index (χ0) is 34.2. The largest absolute Gasteiger partial charge is 0.490 e. The van der Waals surface area contributed by atoms with Gasteiger partial charge < -0.3 is 34.5 Å². The van der Waals surface area contributed by atoms with Crippen molar-refractivity contribution in [3.05, 3.63) is 56.6 Å². The monoisotopic (exact) mass is 640 g/mol. The van der Waals surface area contributed by atoms with Crippen LogP contribution in [0.25, 0.3) is 0 Å². The second-order valence-corrected chi connectivity index (χ2v) is 12.8. The maximum Gasteiger partial charge on any atom is 0.410 e. The van der Waals surface area contributed by atoms with E-state index in [1.807, 2.05) is 39.1 Å². The number of likely N-dealkylation sites (N-methyl/N-ethyl adjacent to an activating group) is 2. The van der Waals surface area contributed by atoms with Gasteiger partial charge in [0.25, 0.3) is 0 Å². The molecule has 2 aliphatic heterocycles. The minimum Gasteiger partial charge on any atom is -0.490 e. The van der Waals surface area contributed by atoms with Crippen molar-refractivity contribution in [2.24, 2.45) is 9.98 Å². The van der Waals surface area contributed by atoms with Gasteiger partial charge in [0.15, 0.2) is 5.75 Å². The number of benzene rings is 2. The molecule has 0 aromatic heterocycles. The van der Waals surface area contributed by atoms with E-state index in [1.165, 1.54) is 15.9 Å². The average molecular weight is 641 g/mol. The molecular weight excluding hydrogens is 596 g/mol. The highest BCUT2D eigenvalue weighted by Gasteiger charge is 2.23. The summed E-state index contributed by atoms with van der Waals surface area (Å²) in [6.07, 6.45) is 2.59. The molecule has 46 heavy (non-hydrogen) atoms. The van der Waals surface area contributed by atoms with Crippen LogP contribution in [0.2, 0.25) is 0 Å². The Balaban J connectivity index is 0.000000251. The molecule has 2 aromatic carbocycles. The van der Waals surface area contributed by atoms with Crippen LogP contribution in [0.15, 0.2) is 34.3 Å². The Morgan fingerprint density at radius 3 is 1.70 bits per heavy atom. The number of nitro benzene ring substituents is 1. The van der Waals surface area contributed by atoms with E-state index in [2.05, 4.69) is 9.98 Å². The molecule has 0 fully saturated rings. The van der Waals surface area contributed by atoms with Crippen LogP contribution < -0.4 is 15.2 Å². The highest BCUT2D eigenvalue weighted by molar-refractivity contribution is 5.87. The summed E-state index contributed by atoms with van der Waals surface area (Å²) in [6.45, 7) is 13.1. The highest BCUT2D eigenvalue weighted by atomic mass is 16.6. The van der Waals surface area contributed by atoms with Crippen LogP contribution in [0, 0.1) is 10.1 Å². The molecule has 0 aliphatic carbocycles. The molecule has 4 rings (SSSR count). The second-order valence-electron chi connectivity index (χ2n) is 12.8. The number of carbonyl (C=O) groups excluding carboxylic acids is 2. The molecule has 2 amide bonds. The summed E-state index contributed by atoms with van der Waals surface area (Å²) in [5, 5.41) is 11.2. The number of hydrogen-bond acceptors (Lipinski definition) is 11. The molecule has 0 saturated carbocycles. The smallest absolute Gasteiger partial charge is 0.410 e. The number of nitrogens with two attached hydrogens (primary N) is 1. The molecule has 2 heterocycles. The van der Waals surface area contributed by atoms with E-state index >= 15 is 0 Å². The standard InChI is InChI=1S/C16H21N3O5.C16H23N3O3/c1-16(2,3)24-15(20)18(4)5-6-23-14-8-12-10-17-9-11(12)7-13(14)19(21)22;1-16(2,3)22-15(20)19(4)5-6-21-14-8-12-10-18-9-11(12)7-13(14)17/h7-9H,5-6,10H2,1-4H3;7-9H,5-6,10,17H2,1-4H3. The van der Waals surface area contributed by atoms with Gasteiger partial charge in [-0.1, -0.05) is 0 Å². The van der Waals surface area contributed by atoms with Crippen LogP contribution in [-0.4, -0.2) is 90.9 Å². The molecule has 0 radical (unpaired) electrons. The van der Waals surface area contributed by atoms with Crippen molar-refractivity contribution in [2.75, 3.05) is 46.1 Å². The van der Waals surface area contributed by atoms with Crippen LogP contribution in [0.1, 0.15) is 63.8 Å². The lowest BCUT2D eigenvalue weighted by molar-refractivity contribution is -0.385. The Hall–Kier alpha value is -4.88. The fourth-order valence-corrected chi connectivity index (χ4v) is 4.11. The first kappa shape index (κ1) is 35.6. The molecule has 0 saturated heterocycles. The molecule has 2 aliphatic rings. The van der Waals surface area contributed by atoms with E-state index in [1.54, 1.807) is 47.1 Å². The number of rotatable bonds is 9. The van der Waals surface area contributed by atoms with Gasteiger partial charge in [-0.15, -0.1) is 0 Å². The van der Waals surface area contributed by atoms with Crippen LogP contribution in [0.5, 0.6) is 11.5 Å².